The number of rotatable bonds is 5. The molecule has 0 unspecified atom stereocenters. The van der Waals surface area contributed by atoms with Crippen molar-refractivity contribution in [3.63, 3.8) is 0 Å². The summed E-state index contributed by atoms with van der Waals surface area (Å²) in [5.41, 5.74) is 1.09. The first kappa shape index (κ1) is 18.4. The van der Waals surface area contributed by atoms with Crippen molar-refractivity contribution in [3.05, 3.63) is 53.6 Å². The van der Waals surface area contributed by atoms with Gasteiger partial charge in [0.1, 0.15) is 11.5 Å². The van der Waals surface area contributed by atoms with Crippen molar-refractivity contribution in [2.45, 2.75) is 13.0 Å². The number of methoxy groups -OCH3 is 1. The zero-order chi connectivity index (χ0) is 18.5. The summed E-state index contributed by atoms with van der Waals surface area (Å²) < 4.78 is 10.9. The van der Waals surface area contributed by atoms with Crippen molar-refractivity contribution in [1.82, 2.24) is 4.90 Å². The van der Waals surface area contributed by atoms with Crippen LogP contribution in [0.25, 0.3) is 0 Å². The normalized spacial score (nSPS) is 15.5. The smallest absolute Gasteiger partial charge is 0.263 e. The molecule has 0 aromatic heterocycles. The van der Waals surface area contributed by atoms with Crippen LogP contribution in [0.1, 0.15) is 6.92 Å². The third-order valence-electron chi connectivity index (χ3n) is 4.48. The molecule has 1 saturated heterocycles. The number of hydrogen-bond acceptors (Lipinski definition) is 4. The Labute approximate surface area is 159 Å². The van der Waals surface area contributed by atoms with Crippen molar-refractivity contribution in [2.75, 3.05) is 38.2 Å². The van der Waals surface area contributed by atoms with Crippen LogP contribution in [-0.4, -0.2) is 50.2 Å². The van der Waals surface area contributed by atoms with Gasteiger partial charge in [-0.3, -0.25) is 4.79 Å². The summed E-state index contributed by atoms with van der Waals surface area (Å²) in [7, 11) is 1.62. The fourth-order valence-corrected chi connectivity index (χ4v) is 3.21. The molecule has 0 bridgehead atoms. The van der Waals surface area contributed by atoms with Gasteiger partial charge in [-0.2, -0.15) is 0 Å². The van der Waals surface area contributed by atoms with E-state index in [0.29, 0.717) is 18.8 Å². The predicted molar refractivity (Wildman–Crippen MR) is 103 cm³/mol. The molecule has 26 heavy (non-hydrogen) atoms. The van der Waals surface area contributed by atoms with Crippen molar-refractivity contribution in [2.24, 2.45) is 0 Å². The Morgan fingerprint density at radius 2 is 1.69 bits per heavy atom. The molecule has 2 aromatic carbocycles. The Bertz CT molecular complexity index is 743. The molecule has 0 N–H and O–H groups in total. The SMILES string of the molecule is COc1ccc(O[C@@H](C)C(=O)N2CCN(c3cccc(Cl)c3)CC2)cc1. The van der Waals surface area contributed by atoms with Crippen LogP contribution in [0.3, 0.4) is 0 Å². The minimum Gasteiger partial charge on any atom is -0.497 e. The van der Waals surface area contributed by atoms with E-state index in [1.807, 2.05) is 41.3 Å². The maximum Gasteiger partial charge on any atom is 0.263 e. The van der Waals surface area contributed by atoms with Gasteiger partial charge in [-0.25, -0.2) is 0 Å². The summed E-state index contributed by atoms with van der Waals surface area (Å²) in [5.74, 6) is 1.42. The van der Waals surface area contributed by atoms with Gasteiger partial charge >= 0.3 is 0 Å². The number of carbonyl (C=O) groups is 1. The Morgan fingerprint density at radius 1 is 1.04 bits per heavy atom. The monoisotopic (exact) mass is 374 g/mol. The summed E-state index contributed by atoms with van der Waals surface area (Å²) in [6, 6.07) is 15.0. The lowest BCUT2D eigenvalue weighted by Crippen LogP contribution is -2.52. The van der Waals surface area contributed by atoms with Gasteiger partial charge in [0.15, 0.2) is 6.10 Å². The van der Waals surface area contributed by atoms with Crippen molar-refractivity contribution >= 4 is 23.2 Å². The maximum absolute atomic E-state index is 12.7. The van der Waals surface area contributed by atoms with Crippen LogP contribution >= 0.6 is 11.6 Å². The van der Waals surface area contributed by atoms with E-state index >= 15 is 0 Å². The molecule has 6 heteroatoms. The minimum atomic E-state index is -0.527. The van der Waals surface area contributed by atoms with Gasteiger partial charge in [0.2, 0.25) is 0 Å². The first-order valence-electron chi connectivity index (χ1n) is 8.67. The van der Waals surface area contributed by atoms with E-state index in [0.717, 1.165) is 29.5 Å². The molecular weight excluding hydrogens is 352 g/mol. The van der Waals surface area contributed by atoms with Crippen molar-refractivity contribution < 1.29 is 14.3 Å². The standard InChI is InChI=1S/C20H23ClN2O3/c1-15(26-19-8-6-18(25-2)7-9-19)20(24)23-12-10-22(11-13-23)17-5-3-4-16(21)14-17/h3-9,14-15H,10-13H2,1-2H3/t15-/m0/s1. The number of halogens is 1. The molecule has 0 saturated carbocycles. The van der Waals surface area contributed by atoms with E-state index in [2.05, 4.69) is 4.90 Å². The topological polar surface area (TPSA) is 42.0 Å². The Kier molecular flexibility index (Phi) is 5.89. The molecule has 3 rings (SSSR count). The highest BCUT2D eigenvalue weighted by Gasteiger charge is 2.26. The van der Waals surface area contributed by atoms with E-state index < -0.39 is 6.10 Å². The molecule has 0 spiro atoms. The number of carbonyl (C=O) groups excluding carboxylic acids is 1. The first-order chi connectivity index (χ1) is 12.6. The molecule has 1 atom stereocenters. The second kappa shape index (κ2) is 8.32. The molecule has 0 aliphatic carbocycles. The molecule has 2 aromatic rings. The van der Waals surface area contributed by atoms with Crippen LogP contribution < -0.4 is 14.4 Å². The lowest BCUT2D eigenvalue weighted by molar-refractivity contribution is -0.138. The van der Waals surface area contributed by atoms with Gasteiger partial charge in [-0.1, -0.05) is 17.7 Å². The number of nitrogens with zero attached hydrogens (tertiary/aromatic N) is 2. The summed E-state index contributed by atoms with van der Waals surface area (Å²) in [6.45, 7) is 4.68. The van der Waals surface area contributed by atoms with E-state index in [-0.39, 0.29) is 5.91 Å². The van der Waals surface area contributed by atoms with Crippen LogP contribution in [0.5, 0.6) is 11.5 Å². The summed E-state index contributed by atoms with van der Waals surface area (Å²) in [4.78, 5) is 16.8. The average Bonchev–Trinajstić information content (AvgIpc) is 2.68. The first-order valence-corrected chi connectivity index (χ1v) is 9.04. The van der Waals surface area contributed by atoms with Crippen LogP contribution in [0.4, 0.5) is 5.69 Å². The third-order valence-corrected chi connectivity index (χ3v) is 4.72. The van der Waals surface area contributed by atoms with Crippen molar-refractivity contribution in [3.8, 4) is 11.5 Å². The van der Waals surface area contributed by atoms with Crippen LogP contribution in [0.15, 0.2) is 48.5 Å². The van der Waals surface area contributed by atoms with E-state index in [1.165, 1.54) is 0 Å². The highest BCUT2D eigenvalue weighted by atomic mass is 35.5. The molecule has 1 aliphatic heterocycles. The van der Waals surface area contributed by atoms with Gasteiger partial charge in [-0.05, 0) is 49.4 Å². The highest BCUT2D eigenvalue weighted by Crippen LogP contribution is 2.22. The number of piperazine rings is 1. The van der Waals surface area contributed by atoms with Gasteiger partial charge < -0.3 is 19.3 Å². The summed E-state index contributed by atoms with van der Waals surface area (Å²) in [6.07, 6.45) is -0.527. The predicted octanol–water partition coefficient (Wildman–Crippen LogP) is 3.46. The molecule has 1 aliphatic rings. The largest absolute Gasteiger partial charge is 0.497 e. The van der Waals surface area contributed by atoms with Crippen LogP contribution in [0, 0.1) is 0 Å². The van der Waals surface area contributed by atoms with Gasteiger partial charge in [-0.15, -0.1) is 0 Å². The maximum atomic E-state index is 12.7. The van der Waals surface area contributed by atoms with Gasteiger partial charge in [0, 0.05) is 36.9 Å². The molecule has 1 heterocycles. The molecule has 138 valence electrons. The third kappa shape index (κ3) is 4.41. The average molecular weight is 375 g/mol. The van der Waals surface area contributed by atoms with Crippen LogP contribution in [-0.2, 0) is 4.79 Å². The number of ether oxygens (including phenoxy) is 2. The number of hydrogen-bond donors (Lipinski definition) is 0. The van der Waals surface area contributed by atoms with E-state index in [4.69, 9.17) is 21.1 Å². The summed E-state index contributed by atoms with van der Waals surface area (Å²) >= 11 is 6.07. The minimum absolute atomic E-state index is 0.00608. The number of anilines is 1. The zero-order valence-electron chi connectivity index (χ0n) is 15.0. The molecule has 5 nitrogen and oxygen atoms in total. The Morgan fingerprint density at radius 3 is 2.31 bits per heavy atom. The highest BCUT2D eigenvalue weighted by molar-refractivity contribution is 6.30. The molecule has 1 amide bonds. The lowest BCUT2D eigenvalue weighted by Gasteiger charge is -2.37. The number of amides is 1. The molecular formula is C20H23ClN2O3. The Hall–Kier alpha value is -2.40. The van der Waals surface area contributed by atoms with E-state index in [1.54, 1.807) is 26.2 Å². The van der Waals surface area contributed by atoms with E-state index in [9.17, 15) is 4.79 Å². The summed E-state index contributed by atoms with van der Waals surface area (Å²) in [5, 5.41) is 0.725. The van der Waals surface area contributed by atoms with Gasteiger partial charge in [0.25, 0.3) is 5.91 Å². The molecule has 1 fully saturated rings. The zero-order valence-corrected chi connectivity index (χ0v) is 15.8. The second-order valence-electron chi connectivity index (χ2n) is 6.23. The fraction of sp³-hybridized carbons (Fsp3) is 0.350. The quantitative estimate of drug-likeness (QED) is 0.803. The Balaban J connectivity index is 1.53. The lowest BCUT2D eigenvalue weighted by atomic mass is 10.2. The fourth-order valence-electron chi connectivity index (χ4n) is 3.02. The van der Waals surface area contributed by atoms with Crippen molar-refractivity contribution in [1.29, 1.82) is 0 Å². The van der Waals surface area contributed by atoms with Gasteiger partial charge in [0.05, 0.1) is 7.11 Å². The number of benzene rings is 2. The molecule has 0 radical (unpaired) electrons. The second-order valence-corrected chi connectivity index (χ2v) is 6.66. The van der Waals surface area contributed by atoms with Crippen LogP contribution in [0.2, 0.25) is 5.02 Å².